The van der Waals surface area contributed by atoms with Gasteiger partial charge >= 0.3 is 6.03 Å². The van der Waals surface area contributed by atoms with Gasteiger partial charge in [-0.05, 0) is 47.9 Å². The van der Waals surface area contributed by atoms with Crippen LogP contribution in [0.1, 0.15) is 22.9 Å². The van der Waals surface area contributed by atoms with Crippen molar-refractivity contribution < 1.29 is 9.53 Å². The van der Waals surface area contributed by atoms with Crippen LogP contribution in [0.2, 0.25) is 5.02 Å². The number of carbonyl (C=O) groups excluding carboxylic acids is 1. The molecule has 156 valence electrons. The second kappa shape index (κ2) is 8.00. The molecular weight excluding hydrogens is 410 g/mol. The Bertz CT molecular complexity index is 1250. The topological polar surface area (TPSA) is 57.4 Å². The molecule has 31 heavy (non-hydrogen) atoms. The lowest BCUT2D eigenvalue weighted by molar-refractivity contribution is 0.193. The molecule has 0 aliphatic carbocycles. The summed E-state index contributed by atoms with van der Waals surface area (Å²) in [7, 11) is 1.61. The van der Waals surface area contributed by atoms with E-state index in [1.165, 1.54) is 10.9 Å². The number of nitrogens with one attached hydrogen (secondary N) is 2. The number of amides is 2. The van der Waals surface area contributed by atoms with Gasteiger partial charge in [0, 0.05) is 39.9 Å². The van der Waals surface area contributed by atoms with E-state index in [9.17, 15) is 4.79 Å². The Morgan fingerprint density at radius 3 is 2.71 bits per heavy atom. The normalized spacial score (nSPS) is 15.5. The van der Waals surface area contributed by atoms with E-state index in [2.05, 4.69) is 28.5 Å². The molecule has 0 spiro atoms. The number of halogens is 1. The summed E-state index contributed by atoms with van der Waals surface area (Å²) in [6.45, 7) is 0.609. The fourth-order valence-corrected chi connectivity index (χ4v) is 4.47. The Morgan fingerprint density at radius 2 is 1.90 bits per heavy atom. The molecule has 5 rings (SSSR count). The maximum absolute atomic E-state index is 13.4. The van der Waals surface area contributed by atoms with E-state index in [0.29, 0.717) is 23.0 Å². The number of hydrogen-bond acceptors (Lipinski definition) is 2. The third kappa shape index (κ3) is 3.62. The summed E-state index contributed by atoms with van der Waals surface area (Å²) >= 11 is 6.14. The molecule has 0 fully saturated rings. The van der Waals surface area contributed by atoms with Gasteiger partial charge in [0.05, 0.1) is 13.2 Å². The van der Waals surface area contributed by atoms with Crippen LogP contribution >= 0.6 is 11.6 Å². The fourth-order valence-electron chi connectivity index (χ4n) is 4.35. The number of benzene rings is 3. The number of methoxy groups -OCH3 is 1. The van der Waals surface area contributed by atoms with Gasteiger partial charge in [0.1, 0.15) is 5.75 Å². The molecule has 1 aliphatic heterocycles. The number of aromatic nitrogens is 1. The number of hydrogen-bond donors (Lipinski definition) is 2. The first-order valence-corrected chi connectivity index (χ1v) is 10.6. The molecule has 6 heteroatoms. The lowest BCUT2D eigenvalue weighted by atomic mass is 9.92. The Hall–Kier alpha value is -3.44. The van der Waals surface area contributed by atoms with E-state index in [1.807, 2.05) is 59.5 Å². The zero-order valence-electron chi connectivity index (χ0n) is 17.1. The molecule has 0 saturated heterocycles. The van der Waals surface area contributed by atoms with Crippen LogP contribution in [0.15, 0.2) is 72.8 Å². The fraction of sp³-hybridized carbons (Fsp3) is 0.160. The van der Waals surface area contributed by atoms with Crippen molar-refractivity contribution in [2.45, 2.75) is 12.5 Å². The van der Waals surface area contributed by atoms with Gasteiger partial charge < -0.3 is 19.9 Å². The monoisotopic (exact) mass is 431 g/mol. The van der Waals surface area contributed by atoms with Crippen LogP contribution in [0.5, 0.6) is 5.75 Å². The summed E-state index contributed by atoms with van der Waals surface area (Å²) in [6, 6.07) is 23.0. The predicted molar refractivity (Wildman–Crippen MR) is 124 cm³/mol. The molecule has 5 nitrogen and oxygen atoms in total. The number of ether oxygens (including phenoxy) is 1. The first kappa shape index (κ1) is 19.5. The first-order valence-electron chi connectivity index (χ1n) is 10.2. The molecule has 2 heterocycles. The number of aromatic amines is 1. The molecule has 1 aromatic heterocycles. The van der Waals surface area contributed by atoms with E-state index < -0.39 is 0 Å². The number of nitrogens with zero attached hydrogens (tertiary/aromatic N) is 1. The summed E-state index contributed by atoms with van der Waals surface area (Å²) in [5.74, 6) is 0.698. The van der Waals surface area contributed by atoms with Crippen molar-refractivity contribution in [2.75, 3.05) is 19.0 Å². The zero-order chi connectivity index (χ0) is 21.4. The highest BCUT2D eigenvalue weighted by Crippen LogP contribution is 2.39. The molecule has 3 aromatic carbocycles. The second-order valence-corrected chi connectivity index (χ2v) is 8.06. The molecule has 0 bridgehead atoms. The summed E-state index contributed by atoms with van der Waals surface area (Å²) in [6.07, 6.45) is 0.787. The average molecular weight is 432 g/mol. The smallest absolute Gasteiger partial charge is 0.322 e. The Labute approximate surface area is 185 Å². The van der Waals surface area contributed by atoms with Gasteiger partial charge in [-0.3, -0.25) is 0 Å². The molecule has 1 atom stereocenters. The van der Waals surface area contributed by atoms with Crippen LogP contribution in [-0.2, 0) is 6.42 Å². The predicted octanol–water partition coefficient (Wildman–Crippen LogP) is 6.01. The van der Waals surface area contributed by atoms with Gasteiger partial charge in [-0.1, -0.05) is 48.0 Å². The number of rotatable bonds is 3. The average Bonchev–Trinajstić information content (AvgIpc) is 3.18. The van der Waals surface area contributed by atoms with Crippen LogP contribution in [0.25, 0.3) is 10.9 Å². The van der Waals surface area contributed by atoms with Crippen molar-refractivity contribution in [2.24, 2.45) is 0 Å². The SMILES string of the molecule is COc1cccc(NC(=O)N2CCc3c([nH]c4ccccc34)C2c2ccc(Cl)cc2)c1. The maximum Gasteiger partial charge on any atom is 0.322 e. The lowest BCUT2D eigenvalue weighted by Crippen LogP contribution is -2.43. The van der Waals surface area contributed by atoms with Gasteiger partial charge in [-0.15, -0.1) is 0 Å². The second-order valence-electron chi connectivity index (χ2n) is 7.62. The molecule has 2 amide bonds. The summed E-state index contributed by atoms with van der Waals surface area (Å²) in [5.41, 5.74) is 5.11. The minimum Gasteiger partial charge on any atom is -0.497 e. The van der Waals surface area contributed by atoms with E-state index in [4.69, 9.17) is 16.3 Å². The Balaban J connectivity index is 1.55. The largest absolute Gasteiger partial charge is 0.497 e. The number of carbonyl (C=O) groups is 1. The number of fused-ring (bicyclic) bond motifs is 3. The van der Waals surface area contributed by atoms with Gasteiger partial charge in [0.15, 0.2) is 0 Å². The zero-order valence-corrected chi connectivity index (χ0v) is 17.8. The van der Waals surface area contributed by atoms with E-state index in [1.54, 1.807) is 7.11 Å². The third-order valence-electron chi connectivity index (χ3n) is 5.80. The van der Waals surface area contributed by atoms with Crippen molar-refractivity contribution in [3.05, 3.63) is 94.6 Å². The number of urea groups is 1. The van der Waals surface area contributed by atoms with Crippen molar-refractivity contribution in [3.8, 4) is 5.75 Å². The van der Waals surface area contributed by atoms with E-state index in [0.717, 1.165) is 23.2 Å². The van der Waals surface area contributed by atoms with Gasteiger partial charge in [0.25, 0.3) is 0 Å². The molecule has 0 saturated carbocycles. The molecule has 1 unspecified atom stereocenters. The molecular formula is C25H22ClN3O2. The highest BCUT2D eigenvalue weighted by Gasteiger charge is 2.34. The molecule has 1 aliphatic rings. The minimum atomic E-state index is -0.237. The van der Waals surface area contributed by atoms with Crippen LogP contribution in [-0.4, -0.2) is 29.6 Å². The minimum absolute atomic E-state index is 0.155. The first-order chi connectivity index (χ1) is 15.1. The number of para-hydroxylation sites is 1. The quantitative estimate of drug-likeness (QED) is 0.417. The Kier molecular flexibility index (Phi) is 5.04. The summed E-state index contributed by atoms with van der Waals surface area (Å²) < 4.78 is 5.28. The summed E-state index contributed by atoms with van der Waals surface area (Å²) in [4.78, 5) is 18.8. The van der Waals surface area contributed by atoms with Crippen molar-refractivity contribution in [1.82, 2.24) is 9.88 Å². The molecule has 0 radical (unpaired) electrons. The Morgan fingerprint density at radius 1 is 1.10 bits per heavy atom. The van der Waals surface area contributed by atoms with Crippen LogP contribution in [0, 0.1) is 0 Å². The van der Waals surface area contributed by atoms with Crippen LogP contribution in [0.4, 0.5) is 10.5 Å². The molecule has 2 N–H and O–H groups in total. The van der Waals surface area contributed by atoms with Crippen molar-refractivity contribution >= 4 is 34.2 Å². The number of anilines is 1. The van der Waals surface area contributed by atoms with Gasteiger partial charge in [-0.2, -0.15) is 0 Å². The maximum atomic E-state index is 13.4. The summed E-state index contributed by atoms with van der Waals surface area (Å²) in [5, 5.41) is 4.91. The number of H-pyrrole nitrogens is 1. The van der Waals surface area contributed by atoms with Crippen LogP contribution in [0.3, 0.4) is 0 Å². The standard InChI is InChI=1S/C25H22ClN3O2/c1-31-19-6-4-5-18(15-19)27-25(30)29-14-13-21-20-7-2-3-8-22(20)28-23(21)24(29)16-9-11-17(26)12-10-16/h2-12,15,24,28H,13-14H2,1H3,(H,27,30). The molecule has 4 aromatic rings. The third-order valence-corrected chi connectivity index (χ3v) is 6.05. The van der Waals surface area contributed by atoms with E-state index >= 15 is 0 Å². The van der Waals surface area contributed by atoms with Crippen LogP contribution < -0.4 is 10.1 Å². The van der Waals surface area contributed by atoms with Gasteiger partial charge in [-0.25, -0.2) is 4.79 Å². The highest BCUT2D eigenvalue weighted by molar-refractivity contribution is 6.30. The van der Waals surface area contributed by atoms with E-state index in [-0.39, 0.29) is 12.1 Å². The van der Waals surface area contributed by atoms with Crippen molar-refractivity contribution in [3.63, 3.8) is 0 Å². The van der Waals surface area contributed by atoms with Gasteiger partial charge in [0.2, 0.25) is 0 Å². The van der Waals surface area contributed by atoms with Crippen molar-refractivity contribution in [1.29, 1.82) is 0 Å². The highest BCUT2D eigenvalue weighted by atomic mass is 35.5. The lowest BCUT2D eigenvalue weighted by Gasteiger charge is -2.36.